The molecule has 2 rings (SSSR count). The van der Waals surface area contributed by atoms with Gasteiger partial charge in [-0.2, -0.15) is 0 Å². The summed E-state index contributed by atoms with van der Waals surface area (Å²) in [5, 5.41) is 8.90. The molecule has 0 aliphatic carbocycles. The van der Waals surface area contributed by atoms with Gasteiger partial charge in [0, 0.05) is 30.9 Å². The lowest BCUT2D eigenvalue weighted by molar-refractivity contribution is 0.258. The topological polar surface area (TPSA) is 49.5 Å². The highest BCUT2D eigenvalue weighted by Crippen LogP contribution is 2.30. The Kier molecular flexibility index (Phi) is 5.51. The molecule has 0 atom stereocenters. The maximum atomic E-state index is 8.90. The van der Waals surface area contributed by atoms with Crippen LogP contribution in [-0.4, -0.2) is 30.3 Å². The number of nitrogens with two attached hydrogens (primary N) is 1. The van der Waals surface area contributed by atoms with Crippen LogP contribution in [0.3, 0.4) is 0 Å². The number of hydrogen-bond donors (Lipinski definition) is 2. The first-order valence-electron chi connectivity index (χ1n) is 8.59. The molecule has 0 unspecified atom stereocenters. The maximum Gasteiger partial charge on any atom is 0.0431 e. The van der Waals surface area contributed by atoms with Gasteiger partial charge in [-0.15, -0.1) is 0 Å². The fourth-order valence-corrected chi connectivity index (χ4v) is 3.22. The second kappa shape index (κ2) is 7.01. The first-order chi connectivity index (χ1) is 10.3. The maximum absolute atomic E-state index is 8.90. The Hall–Kier alpha value is -1.06. The Morgan fingerprint density at radius 1 is 1.09 bits per heavy atom. The van der Waals surface area contributed by atoms with Gasteiger partial charge in [0.25, 0.3) is 0 Å². The van der Waals surface area contributed by atoms with E-state index in [-0.39, 0.29) is 17.6 Å². The SMILES string of the molecule is CC(C)(C)c1ccc(N2CCC(N)(CCCCO)CC2)cc1. The third-order valence-electron chi connectivity index (χ3n) is 4.94. The number of unbranched alkanes of at least 4 members (excludes halogenated alkanes) is 1. The molecule has 0 amide bonds. The fourth-order valence-electron chi connectivity index (χ4n) is 3.22. The Morgan fingerprint density at radius 3 is 2.18 bits per heavy atom. The average Bonchev–Trinajstić information content (AvgIpc) is 2.47. The fraction of sp³-hybridized carbons (Fsp3) is 0.684. The lowest BCUT2D eigenvalue weighted by Crippen LogP contribution is -2.50. The van der Waals surface area contributed by atoms with Crippen molar-refractivity contribution in [1.29, 1.82) is 0 Å². The van der Waals surface area contributed by atoms with E-state index < -0.39 is 0 Å². The van der Waals surface area contributed by atoms with Crippen LogP contribution in [0.15, 0.2) is 24.3 Å². The van der Waals surface area contributed by atoms with Crippen molar-refractivity contribution in [2.75, 3.05) is 24.6 Å². The predicted molar refractivity (Wildman–Crippen MR) is 94.4 cm³/mol. The number of piperidine rings is 1. The molecule has 1 heterocycles. The Bertz CT molecular complexity index is 453. The Balaban J connectivity index is 1.91. The zero-order valence-corrected chi connectivity index (χ0v) is 14.4. The number of aliphatic hydroxyl groups is 1. The highest BCUT2D eigenvalue weighted by molar-refractivity contribution is 5.49. The summed E-state index contributed by atoms with van der Waals surface area (Å²) < 4.78 is 0. The molecule has 1 fully saturated rings. The molecule has 0 saturated carbocycles. The van der Waals surface area contributed by atoms with Gasteiger partial charge in [-0.3, -0.25) is 0 Å². The van der Waals surface area contributed by atoms with Crippen LogP contribution in [0.5, 0.6) is 0 Å². The molecule has 1 aliphatic heterocycles. The Morgan fingerprint density at radius 2 is 1.68 bits per heavy atom. The third-order valence-corrected chi connectivity index (χ3v) is 4.94. The van der Waals surface area contributed by atoms with E-state index in [1.807, 2.05) is 0 Å². The van der Waals surface area contributed by atoms with Crippen molar-refractivity contribution in [3.8, 4) is 0 Å². The summed E-state index contributed by atoms with van der Waals surface area (Å²) in [6.45, 7) is 9.09. The third kappa shape index (κ3) is 4.47. The van der Waals surface area contributed by atoms with Crippen molar-refractivity contribution in [3.63, 3.8) is 0 Å². The van der Waals surface area contributed by atoms with E-state index >= 15 is 0 Å². The van der Waals surface area contributed by atoms with Crippen LogP contribution in [0.4, 0.5) is 5.69 Å². The van der Waals surface area contributed by atoms with Gasteiger partial charge in [-0.25, -0.2) is 0 Å². The van der Waals surface area contributed by atoms with E-state index in [1.165, 1.54) is 11.3 Å². The monoisotopic (exact) mass is 304 g/mol. The van der Waals surface area contributed by atoms with Gasteiger partial charge in [0.05, 0.1) is 0 Å². The molecule has 22 heavy (non-hydrogen) atoms. The highest BCUT2D eigenvalue weighted by atomic mass is 16.2. The highest BCUT2D eigenvalue weighted by Gasteiger charge is 2.30. The van der Waals surface area contributed by atoms with Gasteiger partial charge < -0.3 is 15.7 Å². The minimum Gasteiger partial charge on any atom is -0.396 e. The molecule has 124 valence electrons. The van der Waals surface area contributed by atoms with Crippen LogP contribution in [0.1, 0.15) is 58.4 Å². The Labute approximate surface area is 135 Å². The van der Waals surface area contributed by atoms with Crippen LogP contribution in [0.25, 0.3) is 0 Å². The first kappa shape index (κ1) is 17.3. The minimum absolute atomic E-state index is 0.0307. The second-order valence-electron chi connectivity index (χ2n) is 7.83. The molecule has 1 aromatic carbocycles. The molecular formula is C19H32N2O. The quantitative estimate of drug-likeness (QED) is 0.819. The van der Waals surface area contributed by atoms with Crippen LogP contribution in [-0.2, 0) is 5.41 Å². The van der Waals surface area contributed by atoms with Crippen molar-refractivity contribution in [1.82, 2.24) is 0 Å². The van der Waals surface area contributed by atoms with E-state index in [0.29, 0.717) is 0 Å². The summed E-state index contributed by atoms with van der Waals surface area (Å²) in [6.07, 6.45) is 5.02. The van der Waals surface area contributed by atoms with Crippen molar-refractivity contribution < 1.29 is 5.11 Å². The summed E-state index contributed by atoms with van der Waals surface area (Å²) in [4.78, 5) is 2.45. The summed E-state index contributed by atoms with van der Waals surface area (Å²) >= 11 is 0. The molecule has 0 aromatic heterocycles. The average molecular weight is 304 g/mol. The number of aliphatic hydroxyl groups excluding tert-OH is 1. The summed E-state index contributed by atoms with van der Waals surface area (Å²) in [5.41, 5.74) is 9.38. The van der Waals surface area contributed by atoms with E-state index in [4.69, 9.17) is 10.8 Å². The molecule has 1 aromatic rings. The summed E-state index contributed by atoms with van der Waals surface area (Å²) in [6, 6.07) is 8.99. The van der Waals surface area contributed by atoms with Crippen molar-refractivity contribution in [2.24, 2.45) is 5.73 Å². The molecular weight excluding hydrogens is 272 g/mol. The van der Waals surface area contributed by atoms with E-state index in [2.05, 4.69) is 49.9 Å². The van der Waals surface area contributed by atoms with Gasteiger partial charge in [0.1, 0.15) is 0 Å². The smallest absolute Gasteiger partial charge is 0.0431 e. The second-order valence-corrected chi connectivity index (χ2v) is 7.83. The molecule has 0 radical (unpaired) electrons. The van der Waals surface area contributed by atoms with Crippen molar-refractivity contribution in [2.45, 2.75) is 63.8 Å². The largest absolute Gasteiger partial charge is 0.396 e. The standard InChI is InChI=1S/C19H32N2O/c1-18(2,3)16-6-8-17(9-7-16)21-13-11-19(20,12-14-21)10-4-5-15-22/h6-9,22H,4-5,10-15,20H2,1-3H3. The normalized spacial score (nSPS) is 18.5. The van der Waals surface area contributed by atoms with Gasteiger partial charge in [-0.1, -0.05) is 32.9 Å². The number of benzene rings is 1. The van der Waals surface area contributed by atoms with Crippen LogP contribution >= 0.6 is 0 Å². The molecule has 0 bridgehead atoms. The van der Waals surface area contributed by atoms with Crippen LogP contribution in [0.2, 0.25) is 0 Å². The van der Waals surface area contributed by atoms with Gasteiger partial charge in [0.2, 0.25) is 0 Å². The van der Waals surface area contributed by atoms with Gasteiger partial charge >= 0.3 is 0 Å². The zero-order chi connectivity index (χ0) is 16.2. The number of anilines is 1. The van der Waals surface area contributed by atoms with Crippen molar-refractivity contribution in [3.05, 3.63) is 29.8 Å². The molecule has 0 spiro atoms. The van der Waals surface area contributed by atoms with E-state index in [9.17, 15) is 0 Å². The molecule has 1 aliphatic rings. The molecule has 3 heteroatoms. The number of hydrogen-bond acceptors (Lipinski definition) is 3. The van der Waals surface area contributed by atoms with Crippen LogP contribution in [0, 0.1) is 0 Å². The predicted octanol–water partition coefficient (Wildman–Crippen LogP) is 3.44. The lowest BCUT2D eigenvalue weighted by Gasteiger charge is -2.40. The van der Waals surface area contributed by atoms with Crippen molar-refractivity contribution >= 4 is 5.69 Å². The summed E-state index contributed by atoms with van der Waals surface area (Å²) in [5.74, 6) is 0. The van der Waals surface area contributed by atoms with E-state index in [0.717, 1.165) is 45.2 Å². The number of nitrogens with zero attached hydrogens (tertiary/aromatic N) is 1. The summed E-state index contributed by atoms with van der Waals surface area (Å²) in [7, 11) is 0. The molecule has 1 saturated heterocycles. The zero-order valence-electron chi connectivity index (χ0n) is 14.4. The molecule has 3 N–H and O–H groups in total. The van der Waals surface area contributed by atoms with Gasteiger partial charge in [0.15, 0.2) is 0 Å². The van der Waals surface area contributed by atoms with Gasteiger partial charge in [-0.05, 0) is 55.2 Å². The van der Waals surface area contributed by atoms with Crippen LogP contribution < -0.4 is 10.6 Å². The number of rotatable bonds is 5. The van der Waals surface area contributed by atoms with E-state index in [1.54, 1.807) is 0 Å². The first-order valence-corrected chi connectivity index (χ1v) is 8.59. The minimum atomic E-state index is -0.0307. The molecule has 3 nitrogen and oxygen atoms in total. The lowest BCUT2D eigenvalue weighted by atomic mass is 9.83.